The maximum absolute atomic E-state index is 4.83. The van der Waals surface area contributed by atoms with Crippen LogP contribution >= 0.6 is 11.3 Å². The first-order valence-electron chi connectivity index (χ1n) is 8.18. The summed E-state index contributed by atoms with van der Waals surface area (Å²) in [6.45, 7) is 6.63. The van der Waals surface area contributed by atoms with E-state index in [0.29, 0.717) is 0 Å². The molecule has 2 aromatic heterocycles. The van der Waals surface area contributed by atoms with Gasteiger partial charge in [-0.15, -0.1) is 11.3 Å². The van der Waals surface area contributed by atoms with Crippen LogP contribution in [0.25, 0.3) is 0 Å². The molecule has 22 heavy (non-hydrogen) atoms. The maximum atomic E-state index is 4.83. The van der Waals surface area contributed by atoms with Gasteiger partial charge < -0.3 is 0 Å². The van der Waals surface area contributed by atoms with Gasteiger partial charge in [-0.25, -0.2) is 4.98 Å². The molecule has 2 aromatic rings. The molecule has 2 aliphatic rings. The minimum absolute atomic E-state index is 1.02. The Labute approximate surface area is 135 Å². The van der Waals surface area contributed by atoms with E-state index in [1.165, 1.54) is 35.5 Å². The highest BCUT2D eigenvalue weighted by atomic mass is 32.1. The van der Waals surface area contributed by atoms with E-state index in [9.17, 15) is 0 Å². The fourth-order valence-electron chi connectivity index (χ4n) is 3.36. The van der Waals surface area contributed by atoms with Crippen LogP contribution in [-0.2, 0) is 25.9 Å². The number of thiazole rings is 1. The molecule has 0 amide bonds. The molecule has 5 heteroatoms. The van der Waals surface area contributed by atoms with Crippen molar-refractivity contribution in [3.8, 4) is 0 Å². The Morgan fingerprint density at radius 1 is 1.05 bits per heavy atom. The highest BCUT2D eigenvalue weighted by Crippen LogP contribution is 2.28. The van der Waals surface area contributed by atoms with E-state index < -0.39 is 0 Å². The summed E-state index contributed by atoms with van der Waals surface area (Å²) in [5, 5.41) is 1.32. The van der Waals surface area contributed by atoms with Crippen molar-refractivity contribution < 1.29 is 0 Å². The number of fused-ring (bicyclic) bond motifs is 1. The van der Waals surface area contributed by atoms with Crippen LogP contribution in [-0.4, -0.2) is 45.9 Å². The summed E-state index contributed by atoms with van der Waals surface area (Å²) < 4.78 is 0. The molecule has 4 rings (SSSR count). The zero-order chi connectivity index (χ0) is 14.8. The van der Waals surface area contributed by atoms with E-state index in [2.05, 4.69) is 20.9 Å². The molecule has 0 radical (unpaired) electrons. The van der Waals surface area contributed by atoms with Gasteiger partial charge in [-0.2, -0.15) is 0 Å². The van der Waals surface area contributed by atoms with Crippen LogP contribution in [0.3, 0.4) is 0 Å². The molecule has 1 aliphatic carbocycles. The van der Waals surface area contributed by atoms with Crippen LogP contribution in [0.4, 0.5) is 0 Å². The smallest absolute Gasteiger partial charge is 0.107 e. The lowest BCUT2D eigenvalue weighted by Gasteiger charge is -2.34. The third-order valence-electron chi connectivity index (χ3n) is 4.59. The summed E-state index contributed by atoms with van der Waals surface area (Å²) in [7, 11) is 0. The van der Waals surface area contributed by atoms with E-state index in [-0.39, 0.29) is 0 Å². The van der Waals surface area contributed by atoms with Gasteiger partial charge in [0, 0.05) is 50.0 Å². The van der Waals surface area contributed by atoms with E-state index in [1.54, 1.807) is 4.88 Å². The van der Waals surface area contributed by atoms with E-state index >= 15 is 0 Å². The van der Waals surface area contributed by atoms with Crippen LogP contribution in [0, 0.1) is 0 Å². The summed E-state index contributed by atoms with van der Waals surface area (Å²) in [6, 6.07) is 4.18. The first-order valence-corrected chi connectivity index (χ1v) is 8.99. The second kappa shape index (κ2) is 6.44. The number of rotatable bonds is 4. The van der Waals surface area contributed by atoms with E-state index in [4.69, 9.17) is 4.98 Å². The van der Waals surface area contributed by atoms with Gasteiger partial charge in [-0.3, -0.25) is 14.8 Å². The molecule has 0 spiro atoms. The second-order valence-corrected chi connectivity index (χ2v) is 7.41. The van der Waals surface area contributed by atoms with Crippen molar-refractivity contribution in [3.63, 3.8) is 0 Å². The van der Waals surface area contributed by atoms with Crippen LogP contribution < -0.4 is 0 Å². The van der Waals surface area contributed by atoms with Gasteiger partial charge in [0.15, 0.2) is 0 Å². The largest absolute Gasteiger partial charge is 0.296 e. The maximum Gasteiger partial charge on any atom is 0.107 e. The number of aryl methyl sites for hydroxylation is 2. The van der Waals surface area contributed by atoms with Crippen LogP contribution in [0.5, 0.6) is 0 Å². The third kappa shape index (κ3) is 3.21. The van der Waals surface area contributed by atoms with Crippen molar-refractivity contribution in [1.29, 1.82) is 0 Å². The number of pyridine rings is 1. The van der Waals surface area contributed by atoms with Crippen molar-refractivity contribution in [2.75, 3.05) is 26.2 Å². The Morgan fingerprint density at radius 3 is 2.59 bits per heavy atom. The van der Waals surface area contributed by atoms with Crippen molar-refractivity contribution in [2.45, 2.75) is 32.4 Å². The minimum atomic E-state index is 1.02. The van der Waals surface area contributed by atoms with Crippen LogP contribution in [0.1, 0.15) is 27.6 Å². The highest BCUT2D eigenvalue weighted by molar-refractivity contribution is 7.11. The summed E-state index contributed by atoms with van der Waals surface area (Å²) in [6.07, 6.45) is 7.58. The highest BCUT2D eigenvalue weighted by Gasteiger charge is 2.21. The molecule has 1 aliphatic heterocycles. The molecule has 1 saturated heterocycles. The van der Waals surface area contributed by atoms with E-state index in [0.717, 1.165) is 39.3 Å². The minimum Gasteiger partial charge on any atom is -0.296 e. The number of hydrogen-bond acceptors (Lipinski definition) is 5. The van der Waals surface area contributed by atoms with Gasteiger partial charge in [-0.05, 0) is 30.9 Å². The molecular formula is C17H22N4S. The molecule has 0 saturated carbocycles. The van der Waals surface area contributed by atoms with Crippen LogP contribution in [0.15, 0.2) is 24.5 Å². The predicted molar refractivity (Wildman–Crippen MR) is 88.9 cm³/mol. The number of aromatic nitrogens is 2. The zero-order valence-corrected chi connectivity index (χ0v) is 13.7. The summed E-state index contributed by atoms with van der Waals surface area (Å²) in [5.74, 6) is 0. The SMILES string of the molecule is c1cncc(CN2CCN(Cc3nc4c(s3)CCC4)CC2)c1. The molecule has 0 atom stereocenters. The van der Waals surface area contributed by atoms with Crippen molar-refractivity contribution >= 4 is 11.3 Å². The molecule has 0 N–H and O–H groups in total. The van der Waals surface area contributed by atoms with Crippen LogP contribution in [0.2, 0.25) is 0 Å². The molecule has 0 unspecified atom stereocenters. The molecule has 3 heterocycles. The summed E-state index contributed by atoms with van der Waals surface area (Å²) >= 11 is 1.94. The Morgan fingerprint density at radius 2 is 1.86 bits per heavy atom. The molecule has 0 aromatic carbocycles. The number of nitrogens with zero attached hydrogens (tertiary/aromatic N) is 4. The average Bonchev–Trinajstić information content (AvgIpc) is 3.12. The van der Waals surface area contributed by atoms with E-state index in [1.807, 2.05) is 29.8 Å². The molecule has 116 valence electrons. The number of piperazine rings is 1. The number of hydrogen-bond donors (Lipinski definition) is 0. The molecule has 4 nitrogen and oxygen atoms in total. The van der Waals surface area contributed by atoms with Gasteiger partial charge in [0.25, 0.3) is 0 Å². The lowest BCUT2D eigenvalue weighted by atomic mass is 10.2. The lowest BCUT2D eigenvalue weighted by molar-refractivity contribution is 0.122. The topological polar surface area (TPSA) is 32.3 Å². The first kappa shape index (κ1) is 14.3. The monoisotopic (exact) mass is 314 g/mol. The van der Waals surface area contributed by atoms with Gasteiger partial charge in [0.05, 0.1) is 12.2 Å². The predicted octanol–water partition coefficient (Wildman–Crippen LogP) is 2.34. The molecule has 0 bridgehead atoms. The average molecular weight is 314 g/mol. The van der Waals surface area contributed by atoms with Gasteiger partial charge in [0.1, 0.15) is 5.01 Å². The first-order chi connectivity index (χ1) is 10.9. The van der Waals surface area contributed by atoms with Gasteiger partial charge in [-0.1, -0.05) is 6.07 Å². The normalized spacial score (nSPS) is 19.5. The lowest BCUT2D eigenvalue weighted by Crippen LogP contribution is -2.45. The molecule has 1 fully saturated rings. The zero-order valence-electron chi connectivity index (χ0n) is 12.9. The van der Waals surface area contributed by atoms with Gasteiger partial charge >= 0.3 is 0 Å². The van der Waals surface area contributed by atoms with Crippen molar-refractivity contribution in [1.82, 2.24) is 19.8 Å². The quantitative estimate of drug-likeness (QED) is 0.867. The van der Waals surface area contributed by atoms with Crippen molar-refractivity contribution in [3.05, 3.63) is 45.7 Å². The Balaban J connectivity index is 1.28. The Bertz CT molecular complexity index is 595. The Kier molecular flexibility index (Phi) is 4.19. The molecular weight excluding hydrogens is 292 g/mol. The standard InChI is InChI=1S/C17H22N4S/c1-4-15-16(5-1)22-17(19-15)13-21-9-7-20(8-10-21)12-14-3-2-6-18-11-14/h2-3,6,11H,1,4-5,7-10,12-13H2. The summed E-state index contributed by atoms with van der Waals surface area (Å²) in [4.78, 5) is 15.6. The fraction of sp³-hybridized carbons (Fsp3) is 0.529. The second-order valence-electron chi connectivity index (χ2n) is 6.24. The Hall–Kier alpha value is -1.30. The fourth-order valence-corrected chi connectivity index (χ4v) is 4.56. The third-order valence-corrected chi connectivity index (χ3v) is 5.73. The van der Waals surface area contributed by atoms with Crippen molar-refractivity contribution in [2.24, 2.45) is 0 Å². The van der Waals surface area contributed by atoms with Gasteiger partial charge in [0.2, 0.25) is 0 Å². The summed E-state index contributed by atoms with van der Waals surface area (Å²) in [5.41, 5.74) is 2.70.